The van der Waals surface area contributed by atoms with Gasteiger partial charge in [0.25, 0.3) is 0 Å². The Hall–Kier alpha value is -3.00. The molecule has 2 aromatic rings. The number of hydrogen-bond acceptors (Lipinski definition) is 6. The molecule has 2 N–H and O–H groups in total. The molecule has 1 aromatic heterocycles. The first-order chi connectivity index (χ1) is 15.0. The van der Waals surface area contributed by atoms with E-state index in [9.17, 15) is 9.18 Å². The van der Waals surface area contributed by atoms with E-state index in [-0.39, 0.29) is 17.8 Å². The Balaban J connectivity index is 1.46. The lowest BCUT2D eigenvalue weighted by Gasteiger charge is -2.32. The van der Waals surface area contributed by atoms with Crippen LogP contribution in [0.15, 0.2) is 37.1 Å². The molecule has 2 aliphatic heterocycles. The number of benzene rings is 1. The van der Waals surface area contributed by atoms with Crippen LogP contribution in [0.1, 0.15) is 24.0 Å². The van der Waals surface area contributed by atoms with Crippen LogP contribution in [-0.4, -0.2) is 64.9 Å². The number of anilines is 3. The summed E-state index contributed by atoms with van der Waals surface area (Å²) in [5, 5.41) is 6.35. The third-order valence-electron chi connectivity index (χ3n) is 5.98. The first kappa shape index (κ1) is 21.2. The number of hydrogen-bond donors (Lipinski definition) is 2. The van der Waals surface area contributed by atoms with Crippen molar-refractivity contribution in [3.8, 4) is 0 Å². The Bertz CT molecular complexity index is 965. The Morgan fingerprint density at radius 2 is 2.06 bits per heavy atom. The first-order valence-corrected chi connectivity index (χ1v) is 10.8. The molecular formula is C23H29FN6O. The van der Waals surface area contributed by atoms with Crippen LogP contribution in [0.4, 0.5) is 21.8 Å². The molecular weight excluding hydrogens is 395 g/mol. The molecule has 1 atom stereocenters. The number of nitrogens with zero attached hydrogens (tertiary/aromatic N) is 4. The van der Waals surface area contributed by atoms with Crippen molar-refractivity contribution in [1.29, 1.82) is 0 Å². The van der Waals surface area contributed by atoms with Crippen LogP contribution in [0.5, 0.6) is 0 Å². The molecule has 8 heteroatoms. The fourth-order valence-electron chi connectivity index (χ4n) is 4.19. The van der Waals surface area contributed by atoms with Crippen molar-refractivity contribution < 1.29 is 9.18 Å². The first-order valence-electron chi connectivity index (χ1n) is 10.8. The number of likely N-dealkylation sites (tertiary alicyclic amines) is 1. The van der Waals surface area contributed by atoms with Gasteiger partial charge in [-0.15, -0.1) is 0 Å². The highest BCUT2D eigenvalue weighted by Gasteiger charge is 2.23. The zero-order valence-electron chi connectivity index (χ0n) is 17.9. The molecule has 1 saturated heterocycles. The van der Waals surface area contributed by atoms with Crippen molar-refractivity contribution in [1.82, 2.24) is 19.8 Å². The minimum Gasteiger partial charge on any atom is -0.363 e. The lowest BCUT2D eigenvalue weighted by Crippen LogP contribution is -2.44. The zero-order chi connectivity index (χ0) is 21.8. The summed E-state index contributed by atoms with van der Waals surface area (Å²) in [5.41, 5.74) is 3.58. The topological polar surface area (TPSA) is 73.4 Å². The Morgan fingerprint density at radius 1 is 1.26 bits per heavy atom. The molecule has 7 nitrogen and oxygen atoms in total. The van der Waals surface area contributed by atoms with Gasteiger partial charge < -0.3 is 20.4 Å². The van der Waals surface area contributed by atoms with Crippen LogP contribution in [0.3, 0.4) is 0 Å². The van der Waals surface area contributed by atoms with Crippen LogP contribution in [0, 0.1) is 5.82 Å². The SMILES string of the molecule is C=CC(=O)N1CCCC(Nc2nc(Nc3ccc4c(c3)CCN(C)CC4)ncc2F)C1. The van der Waals surface area contributed by atoms with Crippen LogP contribution < -0.4 is 10.6 Å². The molecule has 2 aliphatic rings. The average Bonchev–Trinajstić information content (AvgIpc) is 2.97. The predicted molar refractivity (Wildman–Crippen MR) is 120 cm³/mol. The summed E-state index contributed by atoms with van der Waals surface area (Å²) in [4.78, 5) is 24.4. The van der Waals surface area contributed by atoms with E-state index in [1.54, 1.807) is 4.90 Å². The summed E-state index contributed by atoms with van der Waals surface area (Å²) in [6.45, 7) is 6.82. The zero-order valence-corrected chi connectivity index (χ0v) is 17.9. The number of aromatic nitrogens is 2. The number of carbonyl (C=O) groups is 1. The van der Waals surface area contributed by atoms with Gasteiger partial charge in [-0.3, -0.25) is 4.79 Å². The standard InChI is InChI=1S/C23H29FN6O/c1-3-21(31)30-10-4-5-19(15-30)26-22-20(24)14-25-23(28-22)27-18-7-6-16-8-11-29(2)12-9-17(16)13-18/h3,6-7,13-14,19H,1,4-5,8-12,15H2,2H3,(H2,25,26,27,28). The molecule has 1 fully saturated rings. The normalized spacial score (nSPS) is 19.3. The summed E-state index contributed by atoms with van der Waals surface area (Å²) in [7, 11) is 2.14. The summed E-state index contributed by atoms with van der Waals surface area (Å²) < 4.78 is 14.4. The van der Waals surface area contributed by atoms with Crippen LogP contribution in [0.2, 0.25) is 0 Å². The Kier molecular flexibility index (Phi) is 6.46. The summed E-state index contributed by atoms with van der Waals surface area (Å²) in [6, 6.07) is 6.23. The quantitative estimate of drug-likeness (QED) is 0.719. The summed E-state index contributed by atoms with van der Waals surface area (Å²) >= 11 is 0. The highest BCUT2D eigenvalue weighted by molar-refractivity contribution is 5.87. The number of fused-ring (bicyclic) bond motifs is 1. The highest BCUT2D eigenvalue weighted by atomic mass is 19.1. The third-order valence-corrected chi connectivity index (χ3v) is 5.98. The fraction of sp³-hybridized carbons (Fsp3) is 0.435. The van der Waals surface area contributed by atoms with Crippen molar-refractivity contribution in [3.05, 3.63) is 54.0 Å². The van der Waals surface area contributed by atoms with Crippen LogP contribution in [-0.2, 0) is 17.6 Å². The minimum absolute atomic E-state index is 0.0700. The van der Waals surface area contributed by atoms with E-state index in [0.717, 1.165) is 44.5 Å². The molecule has 1 amide bonds. The van der Waals surface area contributed by atoms with Crippen molar-refractivity contribution in [3.63, 3.8) is 0 Å². The van der Waals surface area contributed by atoms with Crippen molar-refractivity contribution >= 4 is 23.4 Å². The van der Waals surface area contributed by atoms with Gasteiger partial charge in [-0.2, -0.15) is 4.98 Å². The molecule has 4 rings (SSSR count). The Labute approximate surface area is 182 Å². The maximum atomic E-state index is 14.4. The lowest BCUT2D eigenvalue weighted by atomic mass is 10.0. The van der Waals surface area contributed by atoms with Gasteiger partial charge in [-0.05, 0) is 62.1 Å². The molecule has 1 unspecified atom stereocenters. The maximum absolute atomic E-state index is 14.4. The highest BCUT2D eigenvalue weighted by Crippen LogP contribution is 2.23. The average molecular weight is 425 g/mol. The van der Waals surface area contributed by atoms with Gasteiger partial charge in [-0.25, -0.2) is 9.37 Å². The number of likely N-dealkylation sites (N-methyl/N-ethyl adjacent to an activating group) is 1. The molecule has 0 bridgehead atoms. The molecule has 164 valence electrons. The smallest absolute Gasteiger partial charge is 0.246 e. The molecule has 31 heavy (non-hydrogen) atoms. The van der Waals surface area contributed by atoms with Gasteiger partial charge in [-0.1, -0.05) is 12.6 Å². The van der Waals surface area contributed by atoms with E-state index in [1.165, 1.54) is 23.4 Å². The summed E-state index contributed by atoms with van der Waals surface area (Å²) in [6.07, 6.45) is 6.21. The lowest BCUT2D eigenvalue weighted by molar-refractivity contribution is -0.127. The maximum Gasteiger partial charge on any atom is 0.246 e. The molecule has 0 saturated carbocycles. The number of piperidine rings is 1. The van der Waals surface area contributed by atoms with E-state index in [2.05, 4.69) is 51.3 Å². The van der Waals surface area contributed by atoms with Gasteiger partial charge >= 0.3 is 0 Å². The number of amides is 1. The molecule has 3 heterocycles. The van der Waals surface area contributed by atoms with Crippen molar-refractivity contribution in [2.45, 2.75) is 31.7 Å². The van der Waals surface area contributed by atoms with E-state index in [4.69, 9.17) is 0 Å². The van der Waals surface area contributed by atoms with E-state index < -0.39 is 5.82 Å². The predicted octanol–water partition coefficient (Wildman–Crippen LogP) is 2.98. The van der Waals surface area contributed by atoms with Crippen molar-refractivity contribution in [2.75, 3.05) is 43.9 Å². The van der Waals surface area contributed by atoms with Gasteiger partial charge in [0.1, 0.15) is 0 Å². The van der Waals surface area contributed by atoms with Gasteiger partial charge in [0.2, 0.25) is 11.9 Å². The number of carbonyl (C=O) groups excluding carboxylic acids is 1. The van der Waals surface area contributed by atoms with Crippen molar-refractivity contribution in [2.24, 2.45) is 0 Å². The van der Waals surface area contributed by atoms with Gasteiger partial charge in [0, 0.05) is 37.9 Å². The second-order valence-corrected chi connectivity index (χ2v) is 8.27. The number of halogens is 1. The molecule has 1 aromatic carbocycles. The van der Waals surface area contributed by atoms with E-state index >= 15 is 0 Å². The number of rotatable bonds is 5. The molecule has 0 aliphatic carbocycles. The third kappa shape index (κ3) is 5.19. The molecule has 0 radical (unpaired) electrons. The number of nitrogens with one attached hydrogen (secondary N) is 2. The second kappa shape index (κ2) is 9.43. The second-order valence-electron chi connectivity index (χ2n) is 8.27. The van der Waals surface area contributed by atoms with Crippen LogP contribution in [0.25, 0.3) is 0 Å². The van der Waals surface area contributed by atoms with E-state index in [1.807, 2.05) is 6.07 Å². The Morgan fingerprint density at radius 3 is 2.87 bits per heavy atom. The largest absolute Gasteiger partial charge is 0.363 e. The summed E-state index contributed by atoms with van der Waals surface area (Å²) in [5.74, 6) is -0.134. The van der Waals surface area contributed by atoms with Gasteiger partial charge in [0.05, 0.1) is 6.20 Å². The van der Waals surface area contributed by atoms with Gasteiger partial charge in [0.15, 0.2) is 11.6 Å². The van der Waals surface area contributed by atoms with Crippen LogP contribution >= 0.6 is 0 Å². The van der Waals surface area contributed by atoms with E-state index in [0.29, 0.717) is 19.0 Å². The monoisotopic (exact) mass is 424 g/mol. The molecule has 0 spiro atoms. The fourth-order valence-corrected chi connectivity index (χ4v) is 4.19. The minimum atomic E-state index is -0.511.